The van der Waals surface area contributed by atoms with Crippen molar-refractivity contribution in [3.05, 3.63) is 30.1 Å². The zero-order valence-electron chi connectivity index (χ0n) is 10.4. The van der Waals surface area contributed by atoms with Crippen LogP contribution in [0.15, 0.2) is 29.2 Å². The molecule has 0 amide bonds. The fourth-order valence-electron chi connectivity index (χ4n) is 1.61. The molecule has 0 fully saturated rings. The molecule has 0 saturated carbocycles. The molecule has 3 nitrogen and oxygen atoms in total. The first kappa shape index (κ1) is 15.4. The highest BCUT2D eigenvalue weighted by atomic mass is 35.5. The summed E-state index contributed by atoms with van der Waals surface area (Å²) in [5.41, 5.74) is 0. The summed E-state index contributed by atoms with van der Waals surface area (Å²) in [7, 11) is -3.58. The fraction of sp³-hybridized carbons (Fsp3) is 0.500. The molecular formula is C12H17ClFNO2S. The van der Waals surface area contributed by atoms with Crippen LogP contribution in [-0.4, -0.2) is 31.2 Å². The third-order valence-corrected chi connectivity index (χ3v) is 4.87. The van der Waals surface area contributed by atoms with Gasteiger partial charge in [-0.15, -0.1) is 11.6 Å². The van der Waals surface area contributed by atoms with Crippen molar-refractivity contribution < 1.29 is 12.8 Å². The minimum atomic E-state index is -3.58. The van der Waals surface area contributed by atoms with Crippen molar-refractivity contribution in [2.45, 2.75) is 31.2 Å². The first-order valence-corrected chi connectivity index (χ1v) is 7.70. The first-order valence-electron chi connectivity index (χ1n) is 5.73. The number of hydrogen-bond acceptors (Lipinski definition) is 2. The minimum absolute atomic E-state index is 0.104. The Kier molecular flexibility index (Phi) is 5.56. The number of nitrogens with zero attached hydrogens (tertiary/aromatic N) is 1. The summed E-state index contributed by atoms with van der Waals surface area (Å²) in [6.07, 6.45) is 0.583. The monoisotopic (exact) mass is 293 g/mol. The van der Waals surface area contributed by atoms with Crippen LogP contribution < -0.4 is 0 Å². The Morgan fingerprint density at radius 2 is 1.83 bits per heavy atom. The van der Waals surface area contributed by atoms with Gasteiger partial charge in [-0.25, -0.2) is 12.8 Å². The summed E-state index contributed by atoms with van der Waals surface area (Å²) in [6, 6.07) is 4.68. The number of alkyl halides is 1. The van der Waals surface area contributed by atoms with E-state index in [9.17, 15) is 12.8 Å². The second-order valence-electron chi connectivity index (χ2n) is 4.21. The van der Waals surface area contributed by atoms with Gasteiger partial charge in [0.05, 0.1) is 4.90 Å². The molecule has 102 valence electrons. The van der Waals surface area contributed by atoms with Gasteiger partial charge in [0.1, 0.15) is 5.82 Å². The highest BCUT2D eigenvalue weighted by Crippen LogP contribution is 2.19. The van der Waals surface area contributed by atoms with Gasteiger partial charge >= 0.3 is 0 Å². The Bertz CT molecular complexity index is 473. The lowest BCUT2D eigenvalue weighted by atomic mass is 10.3. The van der Waals surface area contributed by atoms with Crippen molar-refractivity contribution in [1.29, 1.82) is 0 Å². The summed E-state index contributed by atoms with van der Waals surface area (Å²) in [5.74, 6) is -0.0480. The lowest BCUT2D eigenvalue weighted by Gasteiger charge is -2.25. The average molecular weight is 294 g/mol. The van der Waals surface area contributed by atoms with Crippen molar-refractivity contribution in [3.63, 3.8) is 0 Å². The molecule has 0 saturated heterocycles. The Morgan fingerprint density at radius 1 is 1.28 bits per heavy atom. The van der Waals surface area contributed by atoms with E-state index in [1.807, 2.05) is 0 Å². The van der Waals surface area contributed by atoms with Gasteiger partial charge in [-0.05, 0) is 44.5 Å². The standard InChI is InChI=1S/C12H17ClFNO2S/c1-10(2)15(9-3-8-13)18(16,17)12-6-4-11(14)5-7-12/h4-7,10H,3,8-9H2,1-2H3. The maximum absolute atomic E-state index is 12.8. The molecule has 0 spiro atoms. The molecular weight excluding hydrogens is 277 g/mol. The maximum atomic E-state index is 12.8. The van der Waals surface area contributed by atoms with Crippen LogP contribution in [0.3, 0.4) is 0 Å². The van der Waals surface area contributed by atoms with Crippen LogP contribution in [0.25, 0.3) is 0 Å². The zero-order valence-corrected chi connectivity index (χ0v) is 12.0. The van der Waals surface area contributed by atoms with Gasteiger partial charge in [0, 0.05) is 18.5 Å². The molecule has 1 rings (SSSR count). The third-order valence-electron chi connectivity index (χ3n) is 2.51. The molecule has 0 aromatic heterocycles. The van der Waals surface area contributed by atoms with Crippen molar-refractivity contribution in [1.82, 2.24) is 4.31 Å². The summed E-state index contributed by atoms with van der Waals surface area (Å²) in [5, 5.41) is 0. The van der Waals surface area contributed by atoms with Gasteiger partial charge in [-0.2, -0.15) is 4.31 Å². The molecule has 0 heterocycles. The van der Waals surface area contributed by atoms with E-state index >= 15 is 0 Å². The molecule has 0 unspecified atom stereocenters. The van der Waals surface area contributed by atoms with Crippen molar-refractivity contribution >= 4 is 21.6 Å². The molecule has 0 N–H and O–H groups in total. The predicted molar refractivity (Wildman–Crippen MR) is 70.8 cm³/mol. The number of sulfonamides is 1. The normalized spacial score (nSPS) is 12.3. The van der Waals surface area contributed by atoms with Gasteiger partial charge < -0.3 is 0 Å². The summed E-state index contributed by atoms with van der Waals surface area (Å²) >= 11 is 5.60. The molecule has 0 aliphatic carbocycles. The molecule has 6 heteroatoms. The second kappa shape index (κ2) is 6.50. The van der Waals surface area contributed by atoms with Gasteiger partial charge in [-0.3, -0.25) is 0 Å². The maximum Gasteiger partial charge on any atom is 0.243 e. The van der Waals surface area contributed by atoms with Gasteiger partial charge in [0.25, 0.3) is 0 Å². The largest absolute Gasteiger partial charge is 0.243 e. The second-order valence-corrected chi connectivity index (χ2v) is 6.47. The lowest BCUT2D eigenvalue weighted by Crippen LogP contribution is -2.37. The quantitative estimate of drug-likeness (QED) is 0.756. The molecule has 1 aromatic carbocycles. The van der Waals surface area contributed by atoms with Crippen LogP contribution in [0.1, 0.15) is 20.3 Å². The van der Waals surface area contributed by atoms with E-state index < -0.39 is 15.8 Å². The van der Waals surface area contributed by atoms with Crippen LogP contribution in [0.2, 0.25) is 0 Å². The Balaban J connectivity index is 3.05. The minimum Gasteiger partial charge on any atom is -0.207 e. The van der Waals surface area contributed by atoms with Crippen LogP contribution in [0.4, 0.5) is 4.39 Å². The third kappa shape index (κ3) is 3.67. The van der Waals surface area contributed by atoms with Crippen molar-refractivity contribution in [2.24, 2.45) is 0 Å². The molecule has 0 radical (unpaired) electrons. The van der Waals surface area contributed by atoms with Crippen LogP contribution in [-0.2, 0) is 10.0 Å². The van der Waals surface area contributed by atoms with Crippen molar-refractivity contribution in [2.75, 3.05) is 12.4 Å². The SMILES string of the molecule is CC(C)N(CCCCl)S(=O)(=O)c1ccc(F)cc1. The topological polar surface area (TPSA) is 37.4 Å². The first-order chi connectivity index (χ1) is 8.39. The predicted octanol–water partition coefficient (Wildman–Crippen LogP) is 2.85. The van der Waals surface area contributed by atoms with E-state index in [-0.39, 0.29) is 10.9 Å². The van der Waals surface area contributed by atoms with Gasteiger partial charge in [0.15, 0.2) is 0 Å². The van der Waals surface area contributed by atoms with Crippen LogP contribution in [0, 0.1) is 5.82 Å². The highest BCUT2D eigenvalue weighted by Gasteiger charge is 2.26. The number of rotatable bonds is 6. The zero-order chi connectivity index (χ0) is 13.8. The van der Waals surface area contributed by atoms with Gasteiger partial charge in [0.2, 0.25) is 10.0 Å². The van der Waals surface area contributed by atoms with Gasteiger partial charge in [-0.1, -0.05) is 0 Å². The molecule has 1 aromatic rings. The van der Waals surface area contributed by atoms with E-state index in [1.165, 1.54) is 16.4 Å². The average Bonchev–Trinajstić information content (AvgIpc) is 2.29. The molecule has 0 atom stereocenters. The van der Waals surface area contributed by atoms with E-state index in [2.05, 4.69) is 0 Å². The number of halogens is 2. The molecule has 0 aliphatic rings. The Labute approximate surface area is 113 Å². The van der Waals surface area contributed by atoms with E-state index in [0.717, 1.165) is 12.1 Å². The highest BCUT2D eigenvalue weighted by molar-refractivity contribution is 7.89. The van der Waals surface area contributed by atoms with E-state index in [0.29, 0.717) is 18.8 Å². The van der Waals surface area contributed by atoms with E-state index in [4.69, 9.17) is 11.6 Å². The Hall–Kier alpha value is -0.650. The fourth-order valence-corrected chi connectivity index (χ4v) is 3.41. The summed E-state index contributed by atoms with van der Waals surface area (Å²) < 4.78 is 38.9. The number of hydrogen-bond donors (Lipinski definition) is 0. The number of benzene rings is 1. The molecule has 0 aliphatic heterocycles. The van der Waals surface area contributed by atoms with Crippen LogP contribution in [0.5, 0.6) is 0 Å². The van der Waals surface area contributed by atoms with Crippen molar-refractivity contribution in [3.8, 4) is 0 Å². The van der Waals surface area contributed by atoms with E-state index in [1.54, 1.807) is 13.8 Å². The summed E-state index contributed by atoms with van der Waals surface area (Å²) in [6.45, 7) is 3.96. The molecule has 18 heavy (non-hydrogen) atoms. The summed E-state index contributed by atoms with van der Waals surface area (Å²) in [4.78, 5) is 0.104. The van der Waals surface area contributed by atoms with Crippen LogP contribution >= 0.6 is 11.6 Å². The smallest absolute Gasteiger partial charge is 0.207 e. The lowest BCUT2D eigenvalue weighted by molar-refractivity contribution is 0.354. The Morgan fingerprint density at radius 3 is 2.28 bits per heavy atom. The molecule has 0 bridgehead atoms.